The molecular formula is C17H33N3O. The number of nitrogens with zero attached hydrogens (tertiary/aromatic N) is 2. The average Bonchev–Trinajstić information content (AvgIpc) is 2.97. The maximum atomic E-state index is 5.48. The number of rotatable bonds is 4. The molecule has 21 heavy (non-hydrogen) atoms. The Morgan fingerprint density at radius 1 is 1.10 bits per heavy atom. The third kappa shape index (κ3) is 3.98. The first-order valence-corrected chi connectivity index (χ1v) is 8.97. The van der Waals surface area contributed by atoms with Crippen LogP contribution in [0.1, 0.15) is 32.6 Å². The Labute approximate surface area is 130 Å². The van der Waals surface area contributed by atoms with Gasteiger partial charge in [-0.2, -0.15) is 0 Å². The summed E-state index contributed by atoms with van der Waals surface area (Å²) in [4.78, 5) is 5.38. The zero-order valence-electron chi connectivity index (χ0n) is 13.9. The van der Waals surface area contributed by atoms with Gasteiger partial charge in [0.1, 0.15) is 0 Å². The van der Waals surface area contributed by atoms with E-state index >= 15 is 0 Å². The highest BCUT2D eigenvalue weighted by atomic mass is 16.5. The lowest BCUT2D eigenvalue weighted by atomic mass is 9.78. The number of hydrogen-bond donors (Lipinski definition) is 1. The molecule has 2 saturated heterocycles. The van der Waals surface area contributed by atoms with Crippen LogP contribution in [0.15, 0.2) is 0 Å². The topological polar surface area (TPSA) is 27.7 Å². The molecule has 3 aliphatic rings. The summed E-state index contributed by atoms with van der Waals surface area (Å²) in [5, 5.41) is 3.57. The van der Waals surface area contributed by atoms with Crippen LogP contribution in [0.2, 0.25) is 0 Å². The van der Waals surface area contributed by atoms with Crippen LogP contribution in [0.4, 0.5) is 0 Å². The molecule has 0 bridgehead atoms. The molecule has 4 nitrogen and oxygen atoms in total. The predicted molar refractivity (Wildman–Crippen MR) is 86.6 cm³/mol. The van der Waals surface area contributed by atoms with Crippen molar-refractivity contribution in [2.24, 2.45) is 11.8 Å². The smallest absolute Gasteiger partial charge is 0.0594 e. The number of hydrogen-bond acceptors (Lipinski definition) is 4. The van der Waals surface area contributed by atoms with Crippen LogP contribution in [0, 0.1) is 11.8 Å². The maximum Gasteiger partial charge on any atom is 0.0594 e. The first kappa shape index (κ1) is 15.7. The fourth-order valence-electron chi connectivity index (χ4n) is 4.63. The quantitative estimate of drug-likeness (QED) is 0.849. The summed E-state index contributed by atoms with van der Waals surface area (Å²) < 4.78 is 5.48. The van der Waals surface area contributed by atoms with Crippen molar-refractivity contribution >= 4 is 0 Å². The maximum absolute atomic E-state index is 5.48. The molecule has 0 aromatic heterocycles. The second kappa shape index (κ2) is 7.40. The minimum absolute atomic E-state index is 0.739. The summed E-state index contributed by atoms with van der Waals surface area (Å²) in [6.07, 6.45) is 5.53. The Kier molecular flexibility index (Phi) is 5.54. The van der Waals surface area contributed by atoms with Crippen LogP contribution in [0.25, 0.3) is 0 Å². The number of morpholine rings is 1. The molecule has 2 aliphatic heterocycles. The van der Waals surface area contributed by atoms with Crippen LogP contribution in [0.5, 0.6) is 0 Å². The lowest BCUT2D eigenvalue weighted by molar-refractivity contribution is 0.0179. The fourth-order valence-corrected chi connectivity index (χ4v) is 4.63. The second-order valence-corrected chi connectivity index (χ2v) is 7.42. The van der Waals surface area contributed by atoms with Crippen molar-refractivity contribution in [1.82, 2.24) is 15.1 Å². The van der Waals surface area contributed by atoms with Gasteiger partial charge in [0, 0.05) is 38.3 Å². The van der Waals surface area contributed by atoms with Gasteiger partial charge in [-0.05, 0) is 51.1 Å². The van der Waals surface area contributed by atoms with E-state index in [4.69, 9.17) is 4.74 Å². The Morgan fingerprint density at radius 3 is 2.67 bits per heavy atom. The average molecular weight is 295 g/mol. The summed E-state index contributed by atoms with van der Waals surface area (Å²) in [5.74, 6) is 1.76. The zero-order chi connectivity index (χ0) is 14.7. The monoisotopic (exact) mass is 295 g/mol. The van der Waals surface area contributed by atoms with E-state index in [9.17, 15) is 0 Å². The SMILES string of the molecule is CNC1CCC(C)CC1CN1CCC(N2CCOCC2)C1. The van der Waals surface area contributed by atoms with Gasteiger partial charge >= 0.3 is 0 Å². The van der Waals surface area contributed by atoms with E-state index in [0.717, 1.165) is 50.2 Å². The van der Waals surface area contributed by atoms with E-state index < -0.39 is 0 Å². The zero-order valence-corrected chi connectivity index (χ0v) is 13.9. The van der Waals surface area contributed by atoms with Crippen molar-refractivity contribution < 1.29 is 4.74 Å². The Balaban J connectivity index is 1.49. The lowest BCUT2D eigenvalue weighted by Crippen LogP contribution is -2.46. The number of nitrogens with one attached hydrogen (secondary N) is 1. The molecule has 3 fully saturated rings. The minimum atomic E-state index is 0.739. The van der Waals surface area contributed by atoms with Crippen LogP contribution in [0.3, 0.4) is 0 Å². The molecule has 3 rings (SSSR count). The highest BCUT2D eigenvalue weighted by Gasteiger charge is 2.33. The van der Waals surface area contributed by atoms with Gasteiger partial charge in [-0.25, -0.2) is 0 Å². The van der Waals surface area contributed by atoms with E-state index in [1.165, 1.54) is 45.3 Å². The van der Waals surface area contributed by atoms with Crippen molar-refractivity contribution in [1.29, 1.82) is 0 Å². The molecule has 2 heterocycles. The number of ether oxygens (including phenoxy) is 1. The molecule has 4 heteroatoms. The Bertz CT molecular complexity index is 319. The van der Waals surface area contributed by atoms with Crippen LogP contribution < -0.4 is 5.32 Å². The molecule has 0 aromatic rings. The summed E-state index contributed by atoms with van der Waals surface area (Å²) in [6, 6.07) is 1.52. The molecule has 0 aromatic carbocycles. The predicted octanol–water partition coefficient (Wildman–Crippen LogP) is 1.42. The molecule has 1 saturated carbocycles. The number of likely N-dealkylation sites (tertiary alicyclic amines) is 1. The first-order chi connectivity index (χ1) is 10.3. The molecule has 1 N–H and O–H groups in total. The van der Waals surface area contributed by atoms with Crippen molar-refractivity contribution in [3.63, 3.8) is 0 Å². The third-order valence-electron chi connectivity index (χ3n) is 5.92. The molecule has 122 valence electrons. The fraction of sp³-hybridized carbons (Fsp3) is 1.00. The van der Waals surface area contributed by atoms with E-state index in [-0.39, 0.29) is 0 Å². The Hall–Kier alpha value is -0.160. The van der Waals surface area contributed by atoms with Crippen molar-refractivity contribution in [2.45, 2.75) is 44.7 Å². The Morgan fingerprint density at radius 2 is 1.90 bits per heavy atom. The van der Waals surface area contributed by atoms with Crippen LogP contribution >= 0.6 is 0 Å². The summed E-state index contributed by atoms with van der Waals surface area (Å²) in [7, 11) is 2.15. The largest absolute Gasteiger partial charge is 0.379 e. The van der Waals surface area contributed by atoms with E-state index in [1.807, 2.05) is 0 Å². The highest BCUT2D eigenvalue weighted by Crippen LogP contribution is 2.30. The molecule has 0 spiro atoms. The standard InChI is InChI=1S/C17H33N3O/c1-14-3-4-17(18-2)15(11-14)12-19-6-5-16(13-19)20-7-9-21-10-8-20/h14-18H,3-13H2,1-2H3. The normalized spacial score (nSPS) is 39.7. The molecule has 1 aliphatic carbocycles. The molecule has 0 amide bonds. The van der Waals surface area contributed by atoms with Gasteiger partial charge in [-0.1, -0.05) is 6.92 Å². The highest BCUT2D eigenvalue weighted by molar-refractivity contribution is 4.89. The van der Waals surface area contributed by atoms with Gasteiger partial charge in [0.2, 0.25) is 0 Å². The van der Waals surface area contributed by atoms with Crippen molar-refractivity contribution in [3.8, 4) is 0 Å². The van der Waals surface area contributed by atoms with Crippen LogP contribution in [-0.4, -0.2) is 74.9 Å². The van der Waals surface area contributed by atoms with E-state index in [0.29, 0.717) is 0 Å². The van der Waals surface area contributed by atoms with Gasteiger partial charge in [-0.3, -0.25) is 4.90 Å². The molecule has 0 radical (unpaired) electrons. The third-order valence-corrected chi connectivity index (χ3v) is 5.92. The molecule has 4 atom stereocenters. The minimum Gasteiger partial charge on any atom is -0.379 e. The van der Waals surface area contributed by atoms with Gasteiger partial charge < -0.3 is 15.0 Å². The van der Waals surface area contributed by atoms with Crippen molar-refractivity contribution in [3.05, 3.63) is 0 Å². The summed E-state index contributed by atoms with van der Waals surface area (Å²) >= 11 is 0. The molecule has 4 unspecified atom stereocenters. The first-order valence-electron chi connectivity index (χ1n) is 8.97. The van der Waals surface area contributed by atoms with Gasteiger partial charge in [0.25, 0.3) is 0 Å². The molecular weight excluding hydrogens is 262 g/mol. The van der Waals surface area contributed by atoms with E-state index in [2.05, 4.69) is 29.1 Å². The van der Waals surface area contributed by atoms with Crippen molar-refractivity contribution in [2.75, 3.05) is 53.0 Å². The van der Waals surface area contributed by atoms with Gasteiger partial charge in [-0.15, -0.1) is 0 Å². The lowest BCUT2D eigenvalue weighted by Gasteiger charge is -2.37. The van der Waals surface area contributed by atoms with E-state index in [1.54, 1.807) is 0 Å². The van der Waals surface area contributed by atoms with Gasteiger partial charge in [0.05, 0.1) is 13.2 Å². The van der Waals surface area contributed by atoms with Gasteiger partial charge in [0.15, 0.2) is 0 Å². The van der Waals surface area contributed by atoms with Crippen LogP contribution in [-0.2, 0) is 4.74 Å². The second-order valence-electron chi connectivity index (χ2n) is 7.42. The summed E-state index contributed by atoms with van der Waals surface area (Å²) in [5.41, 5.74) is 0. The summed E-state index contributed by atoms with van der Waals surface area (Å²) in [6.45, 7) is 10.4.